The molecular formula is C13H22N4. The van der Waals surface area contributed by atoms with Gasteiger partial charge in [0.15, 0.2) is 5.82 Å². The molecule has 17 heavy (non-hydrogen) atoms. The van der Waals surface area contributed by atoms with Gasteiger partial charge < -0.3 is 10.6 Å². The summed E-state index contributed by atoms with van der Waals surface area (Å²) in [6.45, 7) is 4.37. The van der Waals surface area contributed by atoms with Gasteiger partial charge in [0, 0.05) is 30.4 Å². The molecule has 4 nitrogen and oxygen atoms in total. The van der Waals surface area contributed by atoms with E-state index in [0.29, 0.717) is 12.0 Å². The molecule has 2 unspecified atom stereocenters. The maximum atomic E-state index is 6.05. The zero-order valence-electron chi connectivity index (χ0n) is 10.6. The summed E-state index contributed by atoms with van der Waals surface area (Å²) in [7, 11) is 0. The summed E-state index contributed by atoms with van der Waals surface area (Å²) < 4.78 is 0. The van der Waals surface area contributed by atoms with E-state index in [1.165, 1.54) is 42.8 Å². The van der Waals surface area contributed by atoms with E-state index in [9.17, 15) is 0 Å². The lowest BCUT2D eigenvalue weighted by Crippen LogP contribution is -2.43. The van der Waals surface area contributed by atoms with Crippen molar-refractivity contribution in [3.05, 3.63) is 11.3 Å². The highest BCUT2D eigenvalue weighted by Gasteiger charge is 2.27. The molecule has 1 saturated heterocycles. The second-order valence-electron chi connectivity index (χ2n) is 5.58. The molecule has 0 saturated carbocycles. The van der Waals surface area contributed by atoms with Crippen LogP contribution >= 0.6 is 0 Å². The lowest BCUT2D eigenvalue weighted by molar-refractivity contribution is 0.501. The van der Waals surface area contributed by atoms with E-state index < -0.39 is 0 Å². The van der Waals surface area contributed by atoms with E-state index in [-0.39, 0.29) is 0 Å². The Bertz CT molecular complexity index is 398. The summed E-state index contributed by atoms with van der Waals surface area (Å²) >= 11 is 0. The monoisotopic (exact) mass is 234 g/mol. The van der Waals surface area contributed by atoms with Gasteiger partial charge in [0.1, 0.15) is 0 Å². The Morgan fingerprint density at radius 3 is 3.06 bits per heavy atom. The predicted molar refractivity (Wildman–Crippen MR) is 69.4 cm³/mol. The fourth-order valence-corrected chi connectivity index (χ4v) is 3.22. The highest BCUT2D eigenvalue weighted by Crippen LogP contribution is 2.35. The fraction of sp³-hybridized carbons (Fsp3) is 0.769. The number of nitrogens with two attached hydrogens (primary N) is 1. The van der Waals surface area contributed by atoms with E-state index in [1.54, 1.807) is 0 Å². The van der Waals surface area contributed by atoms with Gasteiger partial charge in [0.2, 0.25) is 0 Å². The van der Waals surface area contributed by atoms with Gasteiger partial charge in [-0.05, 0) is 38.0 Å². The molecular weight excluding hydrogens is 212 g/mol. The van der Waals surface area contributed by atoms with Gasteiger partial charge in [0.25, 0.3) is 0 Å². The first-order chi connectivity index (χ1) is 8.25. The van der Waals surface area contributed by atoms with Gasteiger partial charge >= 0.3 is 0 Å². The molecule has 1 aliphatic carbocycles. The summed E-state index contributed by atoms with van der Waals surface area (Å²) in [6, 6.07) is 0.317. The fourth-order valence-electron chi connectivity index (χ4n) is 3.22. The average molecular weight is 234 g/mol. The number of fused-ring (bicyclic) bond motifs is 1. The molecule has 1 aromatic rings. The Labute approximate surface area is 103 Å². The van der Waals surface area contributed by atoms with Gasteiger partial charge in [-0.25, -0.2) is 0 Å². The standard InChI is InChI=1S/C13H22N4/c1-9-4-2-6-11-12(9)15-16-13(11)17-7-3-5-10(14)8-17/h9-10H,2-8,14H2,1H3,(H,15,16). The van der Waals surface area contributed by atoms with Gasteiger partial charge in [-0.2, -0.15) is 5.10 Å². The van der Waals surface area contributed by atoms with Crippen molar-refractivity contribution in [3.8, 4) is 0 Å². The number of nitrogens with zero attached hydrogens (tertiary/aromatic N) is 2. The Morgan fingerprint density at radius 1 is 1.35 bits per heavy atom. The highest BCUT2D eigenvalue weighted by molar-refractivity contribution is 5.51. The van der Waals surface area contributed by atoms with Gasteiger partial charge in [0.05, 0.1) is 0 Å². The molecule has 94 valence electrons. The van der Waals surface area contributed by atoms with Gasteiger partial charge in [-0.3, -0.25) is 5.10 Å². The zero-order chi connectivity index (χ0) is 11.8. The van der Waals surface area contributed by atoms with E-state index in [4.69, 9.17) is 5.73 Å². The van der Waals surface area contributed by atoms with Gasteiger partial charge in [-0.15, -0.1) is 0 Å². The highest BCUT2D eigenvalue weighted by atomic mass is 15.3. The van der Waals surface area contributed by atoms with Crippen LogP contribution in [0.1, 0.15) is 49.8 Å². The zero-order valence-corrected chi connectivity index (χ0v) is 10.6. The van der Waals surface area contributed by atoms with Crippen molar-refractivity contribution in [3.63, 3.8) is 0 Å². The molecule has 3 rings (SSSR count). The van der Waals surface area contributed by atoms with Crippen molar-refractivity contribution in [2.75, 3.05) is 18.0 Å². The SMILES string of the molecule is CC1CCCc2c(N3CCCC(N)C3)n[nH]c21. The Morgan fingerprint density at radius 2 is 2.24 bits per heavy atom. The third kappa shape index (κ3) is 1.95. The van der Waals surface area contributed by atoms with Crippen LogP contribution in [0, 0.1) is 0 Å². The average Bonchev–Trinajstić information content (AvgIpc) is 2.74. The molecule has 1 aromatic heterocycles. The lowest BCUT2D eigenvalue weighted by Gasteiger charge is -2.32. The third-order valence-electron chi connectivity index (χ3n) is 4.19. The van der Waals surface area contributed by atoms with Crippen LogP contribution in [0.15, 0.2) is 0 Å². The van der Waals surface area contributed by atoms with E-state index >= 15 is 0 Å². The topological polar surface area (TPSA) is 57.9 Å². The van der Waals surface area contributed by atoms with Crippen LogP contribution in [0.2, 0.25) is 0 Å². The van der Waals surface area contributed by atoms with Crippen LogP contribution < -0.4 is 10.6 Å². The summed E-state index contributed by atoms with van der Waals surface area (Å²) in [4.78, 5) is 2.38. The molecule has 0 bridgehead atoms. The largest absolute Gasteiger partial charge is 0.353 e. The van der Waals surface area contributed by atoms with Crippen LogP contribution in [-0.2, 0) is 6.42 Å². The minimum atomic E-state index is 0.317. The summed E-state index contributed by atoms with van der Waals surface area (Å²) in [6.07, 6.45) is 6.10. The van der Waals surface area contributed by atoms with E-state index in [2.05, 4.69) is 22.0 Å². The molecule has 0 amide bonds. The van der Waals surface area contributed by atoms with E-state index in [0.717, 1.165) is 19.5 Å². The van der Waals surface area contributed by atoms with Crippen LogP contribution in [0.5, 0.6) is 0 Å². The summed E-state index contributed by atoms with van der Waals surface area (Å²) in [5.74, 6) is 1.82. The Balaban J connectivity index is 1.88. The molecule has 2 aliphatic rings. The number of hydrogen-bond donors (Lipinski definition) is 2. The maximum absolute atomic E-state index is 6.05. The second-order valence-corrected chi connectivity index (χ2v) is 5.58. The molecule has 2 atom stereocenters. The number of aromatic nitrogens is 2. The van der Waals surface area contributed by atoms with Crippen LogP contribution in [0.25, 0.3) is 0 Å². The van der Waals surface area contributed by atoms with Crippen LogP contribution in [-0.4, -0.2) is 29.3 Å². The Kier molecular flexibility index (Phi) is 2.82. The molecule has 0 aromatic carbocycles. The Hall–Kier alpha value is -1.03. The molecule has 4 heteroatoms. The molecule has 1 aliphatic heterocycles. The summed E-state index contributed by atoms with van der Waals surface area (Å²) in [5.41, 5.74) is 8.88. The smallest absolute Gasteiger partial charge is 0.153 e. The van der Waals surface area contributed by atoms with Crippen molar-refractivity contribution in [2.45, 2.75) is 51.0 Å². The van der Waals surface area contributed by atoms with Crippen LogP contribution in [0.3, 0.4) is 0 Å². The predicted octanol–water partition coefficient (Wildman–Crippen LogP) is 1.78. The maximum Gasteiger partial charge on any atom is 0.153 e. The number of rotatable bonds is 1. The number of aromatic amines is 1. The van der Waals surface area contributed by atoms with Gasteiger partial charge in [-0.1, -0.05) is 6.92 Å². The second kappa shape index (κ2) is 4.33. The number of nitrogens with one attached hydrogen (secondary N) is 1. The molecule has 2 heterocycles. The number of H-pyrrole nitrogens is 1. The molecule has 3 N–H and O–H groups in total. The van der Waals surface area contributed by atoms with Crippen molar-refractivity contribution >= 4 is 5.82 Å². The molecule has 0 radical (unpaired) electrons. The van der Waals surface area contributed by atoms with E-state index in [1.807, 2.05) is 0 Å². The molecule has 1 fully saturated rings. The van der Waals surface area contributed by atoms with Crippen LogP contribution in [0.4, 0.5) is 5.82 Å². The van der Waals surface area contributed by atoms with Crippen molar-refractivity contribution in [1.29, 1.82) is 0 Å². The minimum Gasteiger partial charge on any atom is -0.353 e. The first-order valence-corrected chi connectivity index (χ1v) is 6.83. The third-order valence-corrected chi connectivity index (χ3v) is 4.19. The normalized spacial score (nSPS) is 29.2. The minimum absolute atomic E-state index is 0.317. The number of anilines is 1. The summed E-state index contributed by atoms with van der Waals surface area (Å²) in [5, 5.41) is 7.81. The van der Waals surface area contributed by atoms with Crippen molar-refractivity contribution in [1.82, 2.24) is 10.2 Å². The molecule has 0 spiro atoms. The van der Waals surface area contributed by atoms with Crippen molar-refractivity contribution in [2.24, 2.45) is 5.73 Å². The number of hydrogen-bond acceptors (Lipinski definition) is 3. The van der Waals surface area contributed by atoms with Crippen molar-refractivity contribution < 1.29 is 0 Å². The number of piperidine rings is 1. The first kappa shape index (κ1) is 11.1. The first-order valence-electron chi connectivity index (χ1n) is 6.83. The quantitative estimate of drug-likeness (QED) is 0.778. The lowest BCUT2D eigenvalue weighted by atomic mass is 9.88.